The lowest BCUT2D eigenvalue weighted by Crippen LogP contribution is -2.13. The number of hydrogen-bond acceptors (Lipinski definition) is 3. The molecule has 3 heteroatoms. The average Bonchev–Trinajstić information content (AvgIpc) is 2.63. The largest absolute Gasteiger partial charge is 0.370 e. The number of pyridine rings is 1. The molecule has 3 heterocycles. The minimum absolute atomic E-state index is 0.963. The molecule has 18 heavy (non-hydrogen) atoms. The molecule has 1 N–H and O–H groups in total. The third-order valence-electron chi connectivity index (χ3n) is 3.37. The predicted octanol–water partition coefficient (Wildman–Crippen LogP) is 3.20. The number of nitrogens with zero attached hydrogens (tertiary/aromatic N) is 2. The lowest BCUT2D eigenvalue weighted by Gasteiger charge is -2.17. The van der Waals surface area contributed by atoms with E-state index < -0.39 is 0 Å². The summed E-state index contributed by atoms with van der Waals surface area (Å²) in [6.45, 7) is 3.14. The second kappa shape index (κ2) is 4.77. The van der Waals surface area contributed by atoms with Gasteiger partial charge in [0, 0.05) is 30.7 Å². The lowest BCUT2D eigenvalue weighted by atomic mass is 10.0. The van der Waals surface area contributed by atoms with Gasteiger partial charge in [-0.15, -0.1) is 0 Å². The van der Waals surface area contributed by atoms with E-state index in [0.29, 0.717) is 0 Å². The Labute approximate surface area is 107 Å². The third-order valence-corrected chi connectivity index (χ3v) is 3.37. The Balaban J connectivity index is 1.93. The highest BCUT2D eigenvalue weighted by Crippen LogP contribution is 2.24. The molecule has 0 radical (unpaired) electrons. The number of anilines is 1. The van der Waals surface area contributed by atoms with Crippen molar-refractivity contribution >= 4 is 17.6 Å². The van der Waals surface area contributed by atoms with Crippen molar-refractivity contribution in [1.82, 2.24) is 4.98 Å². The normalized spacial score (nSPS) is 18.3. The molecule has 0 saturated heterocycles. The van der Waals surface area contributed by atoms with E-state index in [0.717, 1.165) is 25.2 Å². The van der Waals surface area contributed by atoms with E-state index >= 15 is 0 Å². The van der Waals surface area contributed by atoms with Crippen LogP contribution in [0.2, 0.25) is 0 Å². The van der Waals surface area contributed by atoms with E-state index in [1.165, 1.54) is 28.7 Å². The number of aromatic nitrogens is 1. The molecule has 2 aliphatic rings. The van der Waals surface area contributed by atoms with Gasteiger partial charge in [0.2, 0.25) is 0 Å². The highest BCUT2D eigenvalue weighted by atomic mass is 15.0. The van der Waals surface area contributed by atoms with Crippen molar-refractivity contribution in [1.29, 1.82) is 0 Å². The van der Waals surface area contributed by atoms with Crippen molar-refractivity contribution < 1.29 is 0 Å². The highest BCUT2D eigenvalue weighted by molar-refractivity contribution is 6.10. The maximum absolute atomic E-state index is 4.51. The Morgan fingerprint density at radius 2 is 2.28 bits per heavy atom. The first-order valence-electron chi connectivity index (χ1n) is 6.45. The minimum Gasteiger partial charge on any atom is -0.370 e. The molecular weight excluding hydrogens is 222 g/mol. The van der Waals surface area contributed by atoms with Gasteiger partial charge in [-0.3, -0.25) is 4.99 Å². The molecule has 92 valence electrons. The van der Waals surface area contributed by atoms with Crippen LogP contribution in [0.3, 0.4) is 0 Å². The molecule has 0 bridgehead atoms. The molecule has 0 atom stereocenters. The van der Waals surface area contributed by atoms with Crippen molar-refractivity contribution in [3.63, 3.8) is 0 Å². The number of nitrogens with one attached hydrogen (secondary N) is 1. The molecule has 0 amide bonds. The van der Waals surface area contributed by atoms with Gasteiger partial charge in [0.25, 0.3) is 0 Å². The number of rotatable bonds is 1. The fraction of sp³-hybridized carbons (Fsp3) is 0.333. The first-order chi connectivity index (χ1) is 8.83. The smallest absolute Gasteiger partial charge is 0.129 e. The number of aliphatic imine (C=N–C) groups is 1. The molecule has 0 spiro atoms. The van der Waals surface area contributed by atoms with E-state index in [-0.39, 0.29) is 0 Å². The van der Waals surface area contributed by atoms with Crippen molar-refractivity contribution in [2.24, 2.45) is 4.99 Å². The van der Waals surface area contributed by atoms with Crippen LogP contribution in [-0.2, 0) is 6.42 Å². The van der Waals surface area contributed by atoms with Gasteiger partial charge in [-0.2, -0.15) is 0 Å². The van der Waals surface area contributed by atoms with Crippen LogP contribution in [0.1, 0.15) is 30.9 Å². The average molecular weight is 239 g/mol. The van der Waals surface area contributed by atoms with Crippen LogP contribution in [-0.4, -0.2) is 17.7 Å². The molecule has 3 rings (SSSR count). The van der Waals surface area contributed by atoms with E-state index in [1.54, 1.807) is 0 Å². The highest BCUT2D eigenvalue weighted by Gasteiger charge is 2.11. The summed E-state index contributed by atoms with van der Waals surface area (Å²) in [6.07, 6.45) is 11.3. The summed E-state index contributed by atoms with van der Waals surface area (Å²) in [7, 11) is 0. The third kappa shape index (κ3) is 2.21. The molecule has 1 aromatic heterocycles. The molecular formula is C15H17N3. The Kier molecular flexibility index (Phi) is 2.97. The van der Waals surface area contributed by atoms with Crippen molar-refractivity contribution in [3.8, 4) is 0 Å². The summed E-state index contributed by atoms with van der Waals surface area (Å²) in [5.41, 5.74) is 4.95. The molecule has 0 saturated carbocycles. The SMILES string of the molecule is CC1=CN=CC(c2cnc3c(c2)CCCN3)=CC1. The van der Waals surface area contributed by atoms with E-state index in [4.69, 9.17) is 0 Å². The Morgan fingerprint density at radius 1 is 1.33 bits per heavy atom. The summed E-state index contributed by atoms with van der Waals surface area (Å²) in [6, 6.07) is 2.24. The van der Waals surface area contributed by atoms with Gasteiger partial charge in [-0.1, -0.05) is 11.6 Å². The van der Waals surface area contributed by atoms with Gasteiger partial charge >= 0.3 is 0 Å². The summed E-state index contributed by atoms with van der Waals surface area (Å²) < 4.78 is 0. The van der Waals surface area contributed by atoms with Crippen LogP contribution >= 0.6 is 0 Å². The van der Waals surface area contributed by atoms with Crippen molar-refractivity contribution in [2.45, 2.75) is 26.2 Å². The molecule has 0 aromatic carbocycles. The summed E-state index contributed by atoms with van der Waals surface area (Å²) >= 11 is 0. The van der Waals surface area contributed by atoms with Crippen LogP contribution in [0, 0.1) is 0 Å². The van der Waals surface area contributed by atoms with Crippen LogP contribution in [0.4, 0.5) is 5.82 Å². The molecule has 2 aliphatic heterocycles. The van der Waals surface area contributed by atoms with Gasteiger partial charge < -0.3 is 5.32 Å². The van der Waals surface area contributed by atoms with Crippen molar-refractivity contribution in [3.05, 3.63) is 41.2 Å². The maximum atomic E-state index is 4.51. The van der Waals surface area contributed by atoms with Gasteiger partial charge in [-0.25, -0.2) is 4.98 Å². The number of aryl methyl sites for hydroxylation is 1. The molecule has 0 fully saturated rings. The minimum atomic E-state index is 0.963. The summed E-state index contributed by atoms with van der Waals surface area (Å²) in [5, 5.41) is 3.34. The zero-order valence-corrected chi connectivity index (χ0v) is 10.6. The number of hydrogen-bond donors (Lipinski definition) is 1. The predicted molar refractivity (Wildman–Crippen MR) is 75.9 cm³/mol. The summed E-state index contributed by atoms with van der Waals surface area (Å²) in [4.78, 5) is 8.84. The maximum Gasteiger partial charge on any atom is 0.129 e. The monoisotopic (exact) mass is 239 g/mol. The van der Waals surface area contributed by atoms with Gasteiger partial charge in [-0.05, 0) is 43.4 Å². The number of allylic oxidation sites excluding steroid dienone is 3. The van der Waals surface area contributed by atoms with E-state index in [9.17, 15) is 0 Å². The molecule has 1 aromatic rings. The molecule has 3 nitrogen and oxygen atoms in total. The van der Waals surface area contributed by atoms with Gasteiger partial charge in [0.05, 0.1) is 0 Å². The first-order valence-corrected chi connectivity index (χ1v) is 6.45. The number of fused-ring (bicyclic) bond motifs is 1. The Morgan fingerprint density at radius 3 is 3.22 bits per heavy atom. The van der Waals surface area contributed by atoms with Gasteiger partial charge in [0.1, 0.15) is 5.82 Å². The zero-order valence-electron chi connectivity index (χ0n) is 10.6. The fourth-order valence-corrected chi connectivity index (χ4v) is 2.32. The topological polar surface area (TPSA) is 37.3 Å². The van der Waals surface area contributed by atoms with Crippen LogP contribution < -0.4 is 5.32 Å². The fourth-order valence-electron chi connectivity index (χ4n) is 2.32. The van der Waals surface area contributed by atoms with Gasteiger partial charge in [0.15, 0.2) is 0 Å². The first kappa shape index (κ1) is 11.2. The van der Waals surface area contributed by atoms with Crippen LogP contribution in [0.15, 0.2) is 35.1 Å². The van der Waals surface area contributed by atoms with E-state index in [2.05, 4.69) is 34.4 Å². The zero-order chi connectivity index (χ0) is 12.4. The lowest BCUT2D eigenvalue weighted by molar-refractivity contribution is 0.817. The second-order valence-electron chi connectivity index (χ2n) is 4.88. The standard InChI is InChI=1S/C15H17N3/c1-11-4-5-13(9-16-8-11)14-7-12-3-2-6-17-15(12)18-10-14/h5,7-10H,2-4,6H2,1H3,(H,17,18). The van der Waals surface area contributed by atoms with Crippen molar-refractivity contribution in [2.75, 3.05) is 11.9 Å². The molecule has 0 aliphatic carbocycles. The Bertz CT molecular complexity index is 553. The molecule has 0 unspecified atom stereocenters. The summed E-state index contributed by atoms with van der Waals surface area (Å²) in [5.74, 6) is 1.05. The van der Waals surface area contributed by atoms with Crippen LogP contribution in [0.25, 0.3) is 5.57 Å². The Hall–Kier alpha value is -1.90. The second-order valence-corrected chi connectivity index (χ2v) is 4.88. The van der Waals surface area contributed by atoms with E-state index in [1.807, 2.05) is 18.6 Å². The quantitative estimate of drug-likeness (QED) is 0.817. The van der Waals surface area contributed by atoms with Crippen LogP contribution in [0.5, 0.6) is 0 Å².